The smallest absolute Gasteiger partial charge is 0.143 e. The van der Waals surface area contributed by atoms with E-state index in [0.29, 0.717) is 4.86 Å². The maximum absolute atomic E-state index is 10.7. The van der Waals surface area contributed by atoms with Crippen molar-refractivity contribution in [3.05, 3.63) is 0 Å². The molecular weight excluding hydrogens is 126 g/mol. The fourth-order valence-electron chi connectivity index (χ4n) is 0.204. The lowest BCUT2D eigenvalue weighted by molar-refractivity contribution is 0.550. The molecule has 0 amide bonds. The fraction of sp³-hybridized carbons (Fsp3) is 0.750. The second-order valence-corrected chi connectivity index (χ2v) is 3.91. The van der Waals surface area contributed by atoms with Crippen LogP contribution in [0.15, 0.2) is 0 Å². The average molecular weight is 137 g/mol. The molecule has 0 aliphatic heterocycles. The molecule has 0 radical (unpaired) electrons. The van der Waals surface area contributed by atoms with Crippen LogP contribution >= 0.6 is 0 Å². The van der Waals surface area contributed by atoms with Gasteiger partial charge < -0.3 is 4.55 Å². The molecule has 0 aliphatic carbocycles. The predicted octanol–water partition coefficient (Wildman–Crippen LogP) is 0.0904. The quantitative estimate of drug-likeness (QED) is 0.503. The molecule has 1 unspecified atom stereocenters. The van der Waals surface area contributed by atoms with Crippen LogP contribution in [0.25, 0.3) is 0 Å². The van der Waals surface area contributed by atoms with Gasteiger partial charge in [-0.3, -0.25) is 0 Å². The summed E-state index contributed by atoms with van der Waals surface area (Å²) in [6, 6.07) is 0. The number of rotatable bonds is 1. The van der Waals surface area contributed by atoms with Crippen LogP contribution in [0.5, 0.6) is 0 Å². The molecule has 0 aromatic carbocycles. The van der Waals surface area contributed by atoms with Gasteiger partial charge in [0, 0.05) is 4.86 Å². The number of hydrogen-bond acceptors (Lipinski definition) is 1. The molecule has 8 heavy (non-hydrogen) atoms. The molecule has 0 aromatic rings. The Bertz CT molecular complexity index is 174. The molecule has 0 aromatic heterocycles. The van der Waals surface area contributed by atoms with E-state index < -0.39 is 9.99 Å². The van der Waals surface area contributed by atoms with Crippen LogP contribution in [0, 0.1) is 0 Å². The molecule has 0 aliphatic rings. The largest absolute Gasteiger partial charge is 0.302 e. The third-order valence-corrected chi connectivity index (χ3v) is 2.49. The van der Waals surface area contributed by atoms with Crippen LogP contribution in [0.4, 0.5) is 0 Å². The Morgan fingerprint density at radius 1 is 1.62 bits per heavy atom. The maximum Gasteiger partial charge on any atom is 0.143 e. The highest BCUT2D eigenvalue weighted by molar-refractivity contribution is 7.95. The molecule has 50 valence electrons. The van der Waals surface area contributed by atoms with Crippen LogP contribution in [-0.2, 0) is 9.99 Å². The maximum atomic E-state index is 10.7. The van der Waals surface area contributed by atoms with Gasteiger partial charge in [-0.1, -0.05) is 0 Å². The van der Waals surface area contributed by atoms with Crippen molar-refractivity contribution >= 4 is 14.9 Å². The third-order valence-electron chi connectivity index (χ3n) is 0.830. The highest BCUT2D eigenvalue weighted by Gasteiger charge is 1.96. The predicted molar refractivity (Wildman–Crippen MR) is 36.2 cm³/mol. The molecular formula is C4H11NO2S. The van der Waals surface area contributed by atoms with Gasteiger partial charge in [-0.25, -0.2) is 8.93 Å². The van der Waals surface area contributed by atoms with Crippen molar-refractivity contribution in [3.63, 3.8) is 0 Å². The molecule has 0 fully saturated rings. The van der Waals surface area contributed by atoms with Crippen LogP contribution in [-0.4, -0.2) is 20.7 Å². The van der Waals surface area contributed by atoms with E-state index in [9.17, 15) is 4.21 Å². The first-order valence-electron chi connectivity index (χ1n) is 2.26. The standard InChI is InChI=1S/C4H11NO2S/c1-4(2)8(6,7)5-3/h1-3H3,(H2,5,6,7). The summed E-state index contributed by atoms with van der Waals surface area (Å²) < 4.78 is 21.7. The van der Waals surface area contributed by atoms with Gasteiger partial charge in [0.05, 0.1) is 0 Å². The lowest BCUT2D eigenvalue weighted by Gasteiger charge is -2.00. The molecule has 0 saturated heterocycles. The van der Waals surface area contributed by atoms with Crippen molar-refractivity contribution < 1.29 is 8.76 Å². The Labute approximate surface area is 50.1 Å². The van der Waals surface area contributed by atoms with Crippen LogP contribution in [0.3, 0.4) is 0 Å². The summed E-state index contributed by atoms with van der Waals surface area (Å²) in [6.07, 6.45) is 0. The van der Waals surface area contributed by atoms with Gasteiger partial charge in [-0.15, -0.1) is 0 Å². The Hall–Kier alpha value is -0.0600. The molecule has 0 bridgehead atoms. The molecule has 0 rings (SSSR count). The van der Waals surface area contributed by atoms with Crippen LogP contribution in [0.1, 0.15) is 13.8 Å². The highest BCUT2D eigenvalue weighted by Crippen LogP contribution is 1.80. The summed E-state index contributed by atoms with van der Waals surface area (Å²) in [6.45, 7) is 3.22. The first-order valence-corrected chi connectivity index (χ1v) is 3.77. The molecule has 0 heterocycles. The van der Waals surface area contributed by atoms with E-state index in [1.807, 2.05) is 0 Å². The molecule has 3 nitrogen and oxygen atoms in total. The van der Waals surface area contributed by atoms with E-state index in [4.69, 9.17) is 4.55 Å². The molecule has 0 saturated carbocycles. The van der Waals surface area contributed by atoms with Crippen molar-refractivity contribution in [2.45, 2.75) is 13.8 Å². The number of nitrogens with one attached hydrogen (secondary N) is 1. The summed E-state index contributed by atoms with van der Waals surface area (Å²) in [5.41, 5.74) is 0. The summed E-state index contributed by atoms with van der Waals surface area (Å²) >= 11 is 0. The number of hydrogen-bond donors (Lipinski definition) is 2. The van der Waals surface area contributed by atoms with Crippen molar-refractivity contribution in [2.75, 3.05) is 7.05 Å². The van der Waals surface area contributed by atoms with E-state index in [2.05, 4.69) is 4.72 Å². The normalized spacial score (nSPS) is 17.5. The van der Waals surface area contributed by atoms with Gasteiger partial charge in [0.25, 0.3) is 0 Å². The van der Waals surface area contributed by atoms with Gasteiger partial charge in [-0.05, 0) is 20.9 Å². The SMILES string of the molecule is CNS(=O)(O)=C(C)C. The van der Waals surface area contributed by atoms with Gasteiger partial charge in [0.2, 0.25) is 0 Å². The van der Waals surface area contributed by atoms with Crippen LogP contribution in [0.2, 0.25) is 0 Å². The lowest BCUT2D eigenvalue weighted by Crippen LogP contribution is -2.22. The molecule has 1 atom stereocenters. The second-order valence-electron chi connectivity index (χ2n) is 1.64. The Balaban J connectivity index is 4.63. The monoisotopic (exact) mass is 137 g/mol. The van der Waals surface area contributed by atoms with Gasteiger partial charge in [-0.2, -0.15) is 0 Å². The van der Waals surface area contributed by atoms with Gasteiger partial charge >= 0.3 is 0 Å². The lowest BCUT2D eigenvalue weighted by atomic mass is 10.6. The fourth-order valence-corrected chi connectivity index (χ4v) is 0.612. The zero-order chi connectivity index (χ0) is 6.78. The minimum absolute atomic E-state index is 0.500. The van der Waals surface area contributed by atoms with E-state index in [1.165, 1.54) is 7.05 Å². The topological polar surface area (TPSA) is 49.3 Å². The molecule has 2 N–H and O–H groups in total. The zero-order valence-electron chi connectivity index (χ0n) is 5.26. The highest BCUT2D eigenvalue weighted by atomic mass is 32.2. The van der Waals surface area contributed by atoms with E-state index in [-0.39, 0.29) is 0 Å². The Kier molecular flexibility index (Phi) is 2.46. The second kappa shape index (κ2) is 2.48. The minimum atomic E-state index is -2.82. The third kappa shape index (κ3) is 1.81. The average Bonchev–Trinajstić information content (AvgIpc) is 1.67. The first-order chi connectivity index (χ1) is 3.50. The summed E-state index contributed by atoms with van der Waals surface area (Å²) in [5.74, 6) is 0. The Morgan fingerprint density at radius 3 is 2.00 bits per heavy atom. The van der Waals surface area contributed by atoms with E-state index in [0.717, 1.165) is 0 Å². The minimum Gasteiger partial charge on any atom is -0.302 e. The summed E-state index contributed by atoms with van der Waals surface area (Å²) in [5, 5.41) is 0. The van der Waals surface area contributed by atoms with Crippen molar-refractivity contribution in [2.24, 2.45) is 0 Å². The van der Waals surface area contributed by atoms with E-state index >= 15 is 0 Å². The van der Waals surface area contributed by atoms with Crippen molar-refractivity contribution in [1.82, 2.24) is 4.72 Å². The summed E-state index contributed by atoms with van der Waals surface area (Å²) in [7, 11) is -1.37. The van der Waals surface area contributed by atoms with Crippen molar-refractivity contribution in [3.8, 4) is 0 Å². The van der Waals surface area contributed by atoms with Gasteiger partial charge in [0.1, 0.15) is 9.99 Å². The molecule has 0 spiro atoms. The van der Waals surface area contributed by atoms with Crippen LogP contribution < -0.4 is 4.72 Å². The zero-order valence-corrected chi connectivity index (χ0v) is 6.08. The summed E-state index contributed by atoms with van der Waals surface area (Å²) in [4.78, 5) is 0.500. The van der Waals surface area contributed by atoms with Gasteiger partial charge in [0.15, 0.2) is 0 Å². The van der Waals surface area contributed by atoms with E-state index in [1.54, 1.807) is 13.8 Å². The Morgan fingerprint density at radius 2 is 2.00 bits per heavy atom. The molecule has 4 heteroatoms. The first kappa shape index (κ1) is 7.94. The van der Waals surface area contributed by atoms with Crippen molar-refractivity contribution in [1.29, 1.82) is 0 Å².